The summed E-state index contributed by atoms with van der Waals surface area (Å²) in [5, 5.41) is 3.14. The van der Waals surface area contributed by atoms with Crippen LogP contribution in [0.2, 0.25) is 0 Å². The van der Waals surface area contributed by atoms with E-state index in [2.05, 4.69) is 10.3 Å². The van der Waals surface area contributed by atoms with E-state index in [1.807, 2.05) is 19.1 Å². The minimum atomic E-state index is -0.324. The number of esters is 1. The quantitative estimate of drug-likeness (QED) is 0.680. The lowest BCUT2D eigenvalue weighted by atomic mass is 10.2. The van der Waals surface area contributed by atoms with Crippen molar-refractivity contribution >= 4 is 41.3 Å². The van der Waals surface area contributed by atoms with Gasteiger partial charge in [0.15, 0.2) is 0 Å². The summed E-state index contributed by atoms with van der Waals surface area (Å²) in [5.74, 6) is -0.324. The Kier molecular flexibility index (Phi) is 6.95. The van der Waals surface area contributed by atoms with Gasteiger partial charge in [-0.25, -0.2) is 4.79 Å². The van der Waals surface area contributed by atoms with Gasteiger partial charge in [-0.15, -0.1) is 12.4 Å². The van der Waals surface area contributed by atoms with E-state index in [9.17, 15) is 4.79 Å². The Labute approximate surface area is 141 Å². The molecule has 1 heterocycles. The van der Waals surface area contributed by atoms with Crippen molar-refractivity contribution in [2.24, 2.45) is 0 Å². The van der Waals surface area contributed by atoms with Gasteiger partial charge in [0.1, 0.15) is 4.99 Å². The normalized spacial score (nSPS) is 9.55. The van der Waals surface area contributed by atoms with Crippen molar-refractivity contribution in [2.75, 3.05) is 11.9 Å². The lowest BCUT2D eigenvalue weighted by molar-refractivity contribution is 0.0526. The molecule has 116 valence electrons. The van der Waals surface area contributed by atoms with Crippen LogP contribution in [0.15, 0.2) is 42.6 Å². The predicted molar refractivity (Wildman–Crippen MR) is 93.9 cm³/mol. The molecule has 0 saturated carbocycles. The van der Waals surface area contributed by atoms with Crippen molar-refractivity contribution < 1.29 is 9.53 Å². The molecule has 0 unspecified atom stereocenters. The van der Waals surface area contributed by atoms with Gasteiger partial charge < -0.3 is 10.1 Å². The van der Waals surface area contributed by atoms with E-state index < -0.39 is 0 Å². The van der Waals surface area contributed by atoms with Gasteiger partial charge in [-0.3, -0.25) is 4.98 Å². The number of carbonyl (C=O) groups excluding carboxylic acids is 1. The number of nitrogens with one attached hydrogen (secondary N) is 1. The summed E-state index contributed by atoms with van der Waals surface area (Å²) >= 11 is 5.37. The largest absolute Gasteiger partial charge is 0.462 e. The van der Waals surface area contributed by atoms with Crippen LogP contribution in [0.25, 0.3) is 0 Å². The van der Waals surface area contributed by atoms with Gasteiger partial charge >= 0.3 is 5.97 Å². The highest BCUT2D eigenvalue weighted by Crippen LogP contribution is 2.14. The molecule has 4 nitrogen and oxygen atoms in total. The van der Waals surface area contributed by atoms with Gasteiger partial charge in [0.2, 0.25) is 0 Å². The molecule has 6 heteroatoms. The summed E-state index contributed by atoms with van der Waals surface area (Å²) in [6.07, 6.45) is 1.73. The number of ether oxygens (including phenoxy) is 1. The van der Waals surface area contributed by atoms with Crippen LogP contribution in [0, 0.1) is 6.92 Å². The molecule has 2 aromatic rings. The number of hydrogen-bond donors (Lipinski definition) is 1. The third kappa shape index (κ3) is 4.51. The molecule has 0 aliphatic rings. The molecule has 0 aliphatic carbocycles. The van der Waals surface area contributed by atoms with Crippen molar-refractivity contribution in [1.29, 1.82) is 0 Å². The number of nitrogens with zero attached hydrogens (tertiary/aromatic N) is 1. The highest BCUT2D eigenvalue weighted by atomic mass is 35.5. The zero-order valence-electron chi connectivity index (χ0n) is 12.3. The number of aryl methyl sites for hydroxylation is 1. The lowest BCUT2D eigenvalue weighted by Gasteiger charge is -2.10. The number of pyridine rings is 1. The molecule has 1 aromatic carbocycles. The minimum Gasteiger partial charge on any atom is -0.462 e. The third-order valence-corrected chi connectivity index (χ3v) is 3.23. The Hall–Kier alpha value is -1.98. The molecule has 0 amide bonds. The second-order valence-corrected chi connectivity index (χ2v) is 4.80. The second kappa shape index (κ2) is 8.46. The fourth-order valence-corrected chi connectivity index (χ4v) is 2.16. The van der Waals surface area contributed by atoms with Crippen LogP contribution in [0.4, 0.5) is 5.69 Å². The zero-order valence-corrected chi connectivity index (χ0v) is 14.0. The third-order valence-electron chi connectivity index (χ3n) is 2.91. The van der Waals surface area contributed by atoms with E-state index in [0.717, 1.165) is 16.9 Å². The Morgan fingerprint density at radius 2 is 1.95 bits per heavy atom. The average molecular weight is 337 g/mol. The van der Waals surface area contributed by atoms with E-state index in [0.29, 0.717) is 17.2 Å². The van der Waals surface area contributed by atoms with Crippen molar-refractivity contribution in [3.63, 3.8) is 0 Å². The summed E-state index contributed by atoms with van der Waals surface area (Å²) in [6, 6.07) is 10.8. The Morgan fingerprint density at radius 1 is 1.27 bits per heavy atom. The predicted octanol–water partition coefficient (Wildman–Crippen LogP) is 3.78. The minimum absolute atomic E-state index is 0. The standard InChI is InChI=1S/C16H16N2O2S.ClH/c1-3-20-16(19)12-6-8-13(9-7-12)18-15(21)14-5-4-10-17-11(14)2;/h4-10H,3H2,1-2H3,(H,18,21);1H. The van der Waals surface area contributed by atoms with E-state index in [1.54, 1.807) is 37.4 Å². The molecule has 0 radical (unpaired) electrons. The summed E-state index contributed by atoms with van der Waals surface area (Å²) in [7, 11) is 0. The summed E-state index contributed by atoms with van der Waals surface area (Å²) in [6.45, 7) is 4.05. The molecule has 0 spiro atoms. The molecule has 1 aromatic heterocycles. The fraction of sp³-hybridized carbons (Fsp3) is 0.188. The number of hydrogen-bond acceptors (Lipinski definition) is 4. The smallest absolute Gasteiger partial charge is 0.338 e. The zero-order chi connectivity index (χ0) is 15.2. The van der Waals surface area contributed by atoms with Gasteiger partial charge in [0.25, 0.3) is 0 Å². The molecule has 0 saturated heterocycles. The number of benzene rings is 1. The SMILES string of the molecule is CCOC(=O)c1ccc(NC(=S)c2cccnc2C)cc1.Cl. The monoisotopic (exact) mass is 336 g/mol. The van der Waals surface area contributed by atoms with Gasteiger partial charge in [-0.2, -0.15) is 0 Å². The maximum Gasteiger partial charge on any atom is 0.338 e. The van der Waals surface area contributed by atoms with E-state index in [-0.39, 0.29) is 18.4 Å². The first-order valence-electron chi connectivity index (χ1n) is 6.62. The second-order valence-electron chi connectivity index (χ2n) is 4.39. The molecule has 0 aliphatic heterocycles. The van der Waals surface area contributed by atoms with Gasteiger partial charge in [0.05, 0.1) is 12.2 Å². The highest BCUT2D eigenvalue weighted by Gasteiger charge is 2.08. The van der Waals surface area contributed by atoms with E-state index >= 15 is 0 Å². The Morgan fingerprint density at radius 3 is 2.55 bits per heavy atom. The number of rotatable bonds is 4. The lowest BCUT2D eigenvalue weighted by Crippen LogP contribution is -2.13. The number of aromatic nitrogens is 1. The van der Waals surface area contributed by atoms with E-state index in [1.165, 1.54) is 0 Å². The van der Waals surface area contributed by atoms with Crippen LogP contribution in [0.1, 0.15) is 28.5 Å². The van der Waals surface area contributed by atoms with Crippen molar-refractivity contribution in [2.45, 2.75) is 13.8 Å². The number of anilines is 1. The highest BCUT2D eigenvalue weighted by molar-refractivity contribution is 7.81. The van der Waals surface area contributed by atoms with Crippen LogP contribution >= 0.6 is 24.6 Å². The van der Waals surface area contributed by atoms with Crippen molar-refractivity contribution in [1.82, 2.24) is 4.98 Å². The molecule has 1 N–H and O–H groups in total. The van der Waals surface area contributed by atoms with Crippen molar-refractivity contribution in [3.05, 3.63) is 59.4 Å². The van der Waals surface area contributed by atoms with E-state index in [4.69, 9.17) is 17.0 Å². The fourth-order valence-electron chi connectivity index (χ4n) is 1.83. The van der Waals surface area contributed by atoms with Crippen LogP contribution in [0.5, 0.6) is 0 Å². The van der Waals surface area contributed by atoms with Crippen LogP contribution < -0.4 is 5.32 Å². The van der Waals surface area contributed by atoms with Crippen LogP contribution in [0.3, 0.4) is 0 Å². The molecule has 2 rings (SSSR count). The number of carbonyl (C=O) groups is 1. The molecular formula is C16H17ClN2O2S. The Bertz CT molecular complexity index is 659. The topological polar surface area (TPSA) is 51.2 Å². The molecule has 22 heavy (non-hydrogen) atoms. The van der Waals surface area contributed by atoms with Crippen molar-refractivity contribution in [3.8, 4) is 0 Å². The summed E-state index contributed by atoms with van der Waals surface area (Å²) in [5.41, 5.74) is 3.10. The maximum atomic E-state index is 11.6. The maximum absolute atomic E-state index is 11.6. The van der Waals surface area contributed by atoms with Gasteiger partial charge in [-0.05, 0) is 50.2 Å². The summed E-state index contributed by atoms with van der Waals surface area (Å²) < 4.78 is 4.94. The molecule has 0 fully saturated rings. The Balaban J connectivity index is 0.00000242. The van der Waals surface area contributed by atoms with Gasteiger partial charge in [0, 0.05) is 23.1 Å². The number of halogens is 1. The molecular weight excluding hydrogens is 320 g/mol. The first-order chi connectivity index (χ1) is 10.1. The summed E-state index contributed by atoms with van der Waals surface area (Å²) in [4.78, 5) is 16.4. The molecule has 0 bridgehead atoms. The van der Waals surface area contributed by atoms with Crippen LogP contribution in [-0.4, -0.2) is 22.5 Å². The first-order valence-corrected chi connectivity index (χ1v) is 7.02. The van der Waals surface area contributed by atoms with Gasteiger partial charge in [-0.1, -0.05) is 12.2 Å². The number of thiocarbonyl (C=S) groups is 1. The van der Waals surface area contributed by atoms with Crippen LogP contribution in [-0.2, 0) is 4.74 Å². The average Bonchev–Trinajstić information content (AvgIpc) is 2.48. The first kappa shape index (κ1) is 18.1. The molecule has 0 atom stereocenters.